The summed E-state index contributed by atoms with van der Waals surface area (Å²) in [4.78, 5) is 11.6. The predicted octanol–water partition coefficient (Wildman–Crippen LogP) is 0.729. The van der Waals surface area contributed by atoms with Crippen molar-refractivity contribution in [1.82, 2.24) is 5.32 Å². The first-order valence-corrected chi connectivity index (χ1v) is 6.13. The number of hydrogen-bond donors (Lipinski definition) is 2. The minimum Gasteiger partial charge on any atom is -0.486 e. The zero-order valence-corrected chi connectivity index (χ0v) is 10.6. The summed E-state index contributed by atoms with van der Waals surface area (Å²) < 4.78 is 10.9. The second-order valence-corrected chi connectivity index (χ2v) is 4.32. The smallest absolute Gasteiger partial charge is 0.224 e. The van der Waals surface area contributed by atoms with Crippen LogP contribution in [0.2, 0.25) is 5.02 Å². The van der Waals surface area contributed by atoms with Gasteiger partial charge in [0.05, 0.1) is 11.4 Å². The molecule has 1 aromatic carbocycles. The lowest BCUT2D eigenvalue weighted by Gasteiger charge is -2.20. The third kappa shape index (κ3) is 3.05. The van der Waals surface area contributed by atoms with E-state index in [-0.39, 0.29) is 12.3 Å². The van der Waals surface area contributed by atoms with E-state index < -0.39 is 0 Å². The monoisotopic (exact) mass is 270 g/mol. The zero-order chi connectivity index (χ0) is 13.0. The summed E-state index contributed by atoms with van der Waals surface area (Å²) in [6.45, 7) is 1.87. The SMILES string of the molecule is NCCNC(=O)Cc1cc(Cl)c2c(c1)OCCO2. The molecule has 1 aromatic rings. The summed E-state index contributed by atoms with van der Waals surface area (Å²) in [5, 5.41) is 3.17. The molecular formula is C12H15ClN2O3. The molecule has 0 radical (unpaired) electrons. The first-order chi connectivity index (χ1) is 8.70. The molecule has 0 saturated heterocycles. The number of carbonyl (C=O) groups excluding carboxylic acids is 1. The molecule has 1 heterocycles. The second kappa shape index (κ2) is 5.93. The van der Waals surface area contributed by atoms with Crippen molar-refractivity contribution in [2.75, 3.05) is 26.3 Å². The van der Waals surface area contributed by atoms with E-state index in [9.17, 15) is 4.79 Å². The van der Waals surface area contributed by atoms with E-state index in [1.807, 2.05) is 0 Å². The molecule has 0 saturated carbocycles. The van der Waals surface area contributed by atoms with Gasteiger partial charge in [-0.25, -0.2) is 0 Å². The van der Waals surface area contributed by atoms with Gasteiger partial charge >= 0.3 is 0 Å². The minimum atomic E-state index is -0.0896. The molecule has 18 heavy (non-hydrogen) atoms. The van der Waals surface area contributed by atoms with Gasteiger partial charge in [-0.2, -0.15) is 0 Å². The molecular weight excluding hydrogens is 256 g/mol. The van der Waals surface area contributed by atoms with Crippen molar-refractivity contribution >= 4 is 17.5 Å². The molecule has 98 valence electrons. The molecule has 5 nitrogen and oxygen atoms in total. The summed E-state index contributed by atoms with van der Waals surface area (Å²) >= 11 is 6.08. The molecule has 0 aromatic heterocycles. The average molecular weight is 271 g/mol. The number of rotatable bonds is 4. The van der Waals surface area contributed by atoms with Crippen molar-refractivity contribution in [1.29, 1.82) is 0 Å². The average Bonchev–Trinajstić information content (AvgIpc) is 2.36. The van der Waals surface area contributed by atoms with Crippen molar-refractivity contribution in [3.8, 4) is 11.5 Å². The van der Waals surface area contributed by atoms with E-state index in [1.165, 1.54) is 0 Å². The van der Waals surface area contributed by atoms with Crippen LogP contribution in [0.1, 0.15) is 5.56 Å². The number of carbonyl (C=O) groups is 1. The highest BCUT2D eigenvalue weighted by molar-refractivity contribution is 6.32. The molecule has 1 aliphatic heterocycles. The summed E-state index contributed by atoms with van der Waals surface area (Å²) in [5.74, 6) is 1.05. The van der Waals surface area contributed by atoms with Crippen LogP contribution in [-0.2, 0) is 11.2 Å². The first-order valence-electron chi connectivity index (χ1n) is 5.75. The van der Waals surface area contributed by atoms with Gasteiger partial charge in [-0.3, -0.25) is 4.79 Å². The number of nitrogens with one attached hydrogen (secondary N) is 1. The van der Waals surface area contributed by atoms with Gasteiger partial charge in [-0.05, 0) is 17.7 Å². The van der Waals surface area contributed by atoms with Crippen LogP contribution in [0.5, 0.6) is 11.5 Å². The molecule has 1 amide bonds. The highest BCUT2D eigenvalue weighted by Crippen LogP contribution is 2.38. The van der Waals surface area contributed by atoms with E-state index in [1.54, 1.807) is 12.1 Å². The largest absolute Gasteiger partial charge is 0.486 e. The van der Waals surface area contributed by atoms with Crippen molar-refractivity contribution in [3.63, 3.8) is 0 Å². The lowest BCUT2D eigenvalue weighted by molar-refractivity contribution is -0.120. The van der Waals surface area contributed by atoms with Crippen LogP contribution in [0.15, 0.2) is 12.1 Å². The molecule has 0 bridgehead atoms. The Morgan fingerprint density at radius 3 is 2.94 bits per heavy atom. The van der Waals surface area contributed by atoms with Gasteiger partial charge < -0.3 is 20.5 Å². The molecule has 2 rings (SSSR count). The zero-order valence-electron chi connectivity index (χ0n) is 9.87. The van der Waals surface area contributed by atoms with Crippen LogP contribution in [0.25, 0.3) is 0 Å². The Morgan fingerprint density at radius 2 is 2.17 bits per heavy atom. The van der Waals surface area contributed by atoms with Gasteiger partial charge in [0.2, 0.25) is 5.91 Å². The Balaban J connectivity index is 2.10. The van der Waals surface area contributed by atoms with Crippen molar-refractivity contribution in [2.45, 2.75) is 6.42 Å². The molecule has 0 spiro atoms. The highest BCUT2D eigenvalue weighted by atomic mass is 35.5. The fourth-order valence-electron chi connectivity index (χ4n) is 1.73. The maximum absolute atomic E-state index is 11.6. The maximum Gasteiger partial charge on any atom is 0.224 e. The molecule has 1 aliphatic rings. The fraction of sp³-hybridized carbons (Fsp3) is 0.417. The van der Waals surface area contributed by atoms with Crippen LogP contribution in [-0.4, -0.2) is 32.2 Å². The van der Waals surface area contributed by atoms with Crippen LogP contribution in [0.4, 0.5) is 0 Å². The number of fused-ring (bicyclic) bond motifs is 1. The number of ether oxygens (including phenoxy) is 2. The third-order valence-electron chi connectivity index (χ3n) is 2.49. The topological polar surface area (TPSA) is 73.6 Å². The lowest BCUT2D eigenvalue weighted by Crippen LogP contribution is -2.30. The number of hydrogen-bond acceptors (Lipinski definition) is 4. The molecule has 0 unspecified atom stereocenters. The molecule has 0 fully saturated rings. The Bertz CT molecular complexity index is 451. The maximum atomic E-state index is 11.6. The van der Waals surface area contributed by atoms with Crippen LogP contribution in [0.3, 0.4) is 0 Å². The summed E-state index contributed by atoms with van der Waals surface area (Å²) in [7, 11) is 0. The lowest BCUT2D eigenvalue weighted by atomic mass is 10.1. The number of halogens is 1. The Kier molecular flexibility index (Phi) is 4.28. The van der Waals surface area contributed by atoms with E-state index in [4.69, 9.17) is 26.8 Å². The minimum absolute atomic E-state index is 0.0896. The van der Waals surface area contributed by atoms with Gasteiger partial charge in [-0.15, -0.1) is 0 Å². The van der Waals surface area contributed by atoms with Crippen LogP contribution < -0.4 is 20.5 Å². The molecule has 0 atom stereocenters. The van der Waals surface area contributed by atoms with E-state index in [0.717, 1.165) is 5.56 Å². The fourth-order valence-corrected chi connectivity index (χ4v) is 2.01. The number of amides is 1. The van der Waals surface area contributed by atoms with Crippen LogP contribution >= 0.6 is 11.6 Å². The first kappa shape index (κ1) is 13.0. The molecule has 6 heteroatoms. The van der Waals surface area contributed by atoms with E-state index in [0.29, 0.717) is 42.8 Å². The quantitative estimate of drug-likeness (QED) is 0.846. The Labute approximate surface area is 110 Å². The highest BCUT2D eigenvalue weighted by Gasteiger charge is 2.17. The molecule has 0 aliphatic carbocycles. The number of nitrogens with two attached hydrogens (primary N) is 1. The summed E-state index contributed by atoms with van der Waals surface area (Å²) in [6.07, 6.45) is 0.246. The number of benzene rings is 1. The van der Waals surface area contributed by atoms with Crippen molar-refractivity contribution < 1.29 is 14.3 Å². The van der Waals surface area contributed by atoms with Gasteiger partial charge in [-0.1, -0.05) is 11.6 Å². The summed E-state index contributed by atoms with van der Waals surface area (Å²) in [5.41, 5.74) is 6.10. The standard InChI is InChI=1S/C12H15ClN2O3/c13-9-5-8(7-11(16)15-2-1-14)6-10-12(9)18-4-3-17-10/h5-6H,1-4,7,14H2,(H,15,16). The van der Waals surface area contributed by atoms with Crippen LogP contribution in [0, 0.1) is 0 Å². The van der Waals surface area contributed by atoms with E-state index in [2.05, 4.69) is 5.32 Å². The van der Waals surface area contributed by atoms with Gasteiger partial charge in [0.25, 0.3) is 0 Å². The predicted molar refractivity (Wildman–Crippen MR) is 68.2 cm³/mol. The van der Waals surface area contributed by atoms with Gasteiger partial charge in [0.1, 0.15) is 13.2 Å². The Morgan fingerprint density at radius 1 is 1.39 bits per heavy atom. The Hall–Kier alpha value is -1.46. The molecule has 3 N–H and O–H groups in total. The normalized spacial score (nSPS) is 13.2. The van der Waals surface area contributed by atoms with Crippen molar-refractivity contribution in [3.05, 3.63) is 22.7 Å². The summed E-state index contributed by atoms with van der Waals surface area (Å²) in [6, 6.07) is 3.50. The third-order valence-corrected chi connectivity index (χ3v) is 2.77. The van der Waals surface area contributed by atoms with Gasteiger partial charge in [0.15, 0.2) is 11.5 Å². The van der Waals surface area contributed by atoms with Crippen molar-refractivity contribution in [2.24, 2.45) is 5.73 Å². The second-order valence-electron chi connectivity index (χ2n) is 3.92. The van der Waals surface area contributed by atoms with E-state index >= 15 is 0 Å². The van der Waals surface area contributed by atoms with Gasteiger partial charge in [0, 0.05) is 13.1 Å².